The summed E-state index contributed by atoms with van der Waals surface area (Å²) in [5, 5.41) is 1.28. The van der Waals surface area contributed by atoms with Crippen LogP contribution in [-0.2, 0) is 0 Å². The van der Waals surface area contributed by atoms with E-state index in [1.807, 2.05) is 6.92 Å². The Morgan fingerprint density at radius 2 is 1.81 bits per heavy atom. The van der Waals surface area contributed by atoms with Crippen LogP contribution < -0.4 is 5.73 Å². The highest BCUT2D eigenvalue weighted by molar-refractivity contribution is 5.82. The van der Waals surface area contributed by atoms with Crippen LogP contribution in [0.3, 0.4) is 0 Å². The molecule has 86 valence electrons. The topological polar surface area (TPSA) is 30.9 Å². The van der Waals surface area contributed by atoms with Gasteiger partial charge in [-0.3, -0.25) is 0 Å². The molecule has 0 amide bonds. The summed E-state index contributed by atoms with van der Waals surface area (Å²) >= 11 is 0. The second-order valence-corrected chi connectivity index (χ2v) is 4.88. The molecule has 1 aromatic carbocycles. The Morgan fingerprint density at radius 1 is 1.12 bits per heavy atom. The minimum absolute atomic E-state index is 0.0788. The first-order chi connectivity index (χ1) is 7.50. The molecule has 2 N–H and O–H groups in total. The summed E-state index contributed by atoms with van der Waals surface area (Å²) in [7, 11) is 0. The molecule has 2 rings (SSSR count). The molecule has 0 fully saturated rings. The summed E-state index contributed by atoms with van der Waals surface area (Å²) in [5.41, 5.74) is 9.84. The van der Waals surface area contributed by atoms with E-state index < -0.39 is 0 Å². The van der Waals surface area contributed by atoms with Gasteiger partial charge in [0.25, 0.3) is 0 Å². The number of aromatic nitrogens is 1. The van der Waals surface area contributed by atoms with Crippen LogP contribution in [0.4, 0.5) is 0 Å². The maximum Gasteiger partial charge on any atom is 0.0488 e. The molecule has 0 saturated heterocycles. The molecule has 0 aliphatic heterocycles. The Morgan fingerprint density at radius 3 is 2.38 bits per heavy atom. The van der Waals surface area contributed by atoms with Gasteiger partial charge < -0.3 is 10.3 Å². The minimum Gasteiger partial charge on any atom is -0.341 e. The number of rotatable bonds is 2. The fourth-order valence-corrected chi connectivity index (χ4v) is 2.28. The maximum absolute atomic E-state index is 6.03. The van der Waals surface area contributed by atoms with Gasteiger partial charge in [-0.05, 0) is 50.8 Å². The van der Waals surface area contributed by atoms with Crippen LogP contribution in [0.1, 0.15) is 44.1 Å². The zero-order valence-electron chi connectivity index (χ0n) is 10.5. The van der Waals surface area contributed by atoms with Gasteiger partial charge in [-0.2, -0.15) is 0 Å². The molecular formula is C14H20N2. The lowest BCUT2D eigenvalue weighted by molar-refractivity contribution is 0.571. The molecule has 2 heteroatoms. The van der Waals surface area contributed by atoms with E-state index in [-0.39, 0.29) is 6.04 Å². The zero-order chi connectivity index (χ0) is 11.9. The van der Waals surface area contributed by atoms with Crippen LogP contribution >= 0.6 is 0 Å². The van der Waals surface area contributed by atoms with Crippen LogP contribution in [0.25, 0.3) is 10.9 Å². The largest absolute Gasteiger partial charge is 0.341 e. The Bertz CT molecular complexity index is 507. The fourth-order valence-electron chi connectivity index (χ4n) is 2.28. The molecule has 1 heterocycles. The molecule has 0 aliphatic rings. The molecule has 0 aliphatic carbocycles. The normalized spacial score (nSPS) is 13.6. The van der Waals surface area contributed by atoms with Gasteiger partial charge in [0.2, 0.25) is 0 Å². The number of benzene rings is 1. The van der Waals surface area contributed by atoms with E-state index in [0.717, 1.165) is 0 Å². The summed E-state index contributed by atoms with van der Waals surface area (Å²) in [6, 6.07) is 9.30. The minimum atomic E-state index is 0.0788. The lowest BCUT2D eigenvalue weighted by Crippen LogP contribution is -2.13. The van der Waals surface area contributed by atoms with E-state index >= 15 is 0 Å². The van der Waals surface area contributed by atoms with Crippen LogP contribution in [0, 0.1) is 6.92 Å². The number of fused-ring (bicyclic) bond motifs is 1. The number of nitrogens with two attached hydrogens (primary N) is 1. The van der Waals surface area contributed by atoms with Crippen molar-refractivity contribution in [3.8, 4) is 0 Å². The Kier molecular flexibility index (Phi) is 2.76. The van der Waals surface area contributed by atoms with E-state index in [9.17, 15) is 0 Å². The summed E-state index contributed by atoms with van der Waals surface area (Å²) in [4.78, 5) is 0. The van der Waals surface area contributed by atoms with Gasteiger partial charge in [-0.1, -0.05) is 12.1 Å². The van der Waals surface area contributed by atoms with Gasteiger partial charge in [0, 0.05) is 23.3 Å². The molecule has 0 bridgehead atoms. The van der Waals surface area contributed by atoms with Crippen molar-refractivity contribution in [3.63, 3.8) is 0 Å². The average molecular weight is 216 g/mol. The fraction of sp³-hybridized carbons (Fsp3) is 0.429. The number of aryl methyl sites for hydroxylation is 1. The number of nitrogens with zero attached hydrogens (tertiary/aromatic N) is 1. The van der Waals surface area contributed by atoms with Crippen molar-refractivity contribution >= 4 is 10.9 Å². The van der Waals surface area contributed by atoms with Crippen LogP contribution in [-0.4, -0.2) is 4.57 Å². The third kappa shape index (κ3) is 1.74. The van der Waals surface area contributed by atoms with Crippen molar-refractivity contribution in [3.05, 3.63) is 35.5 Å². The number of hydrogen-bond acceptors (Lipinski definition) is 1. The smallest absolute Gasteiger partial charge is 0.0488 e. The molecule has 2 aromatic rings. The zero-order valence-corrected chi connectivity index (χ0v) is 10.5. The Labute approximate surface area is 97.1 Å². The molecule has 1 unspecified atom stereocenters. The third-order valence-electron chi connectivity index (χ3n) is 3.01. The first-order valence-corrected chi connectivity index (χ1v) is 5.87. The van der Waals surface area contributed by atoms with Crippen LogP contribution in [0.15, 0.2) is 24.3 Å². The summed E-state index contributed by atoms with van der Waals surface area (Å²) in [6.45, 7) is 8.57. The highest BCUT2D eigenvalue weighted by atomic mass is 15.0. The molecule has 1 atom stereocenters. The summed E-state index contributed by atoms with van der Waals surface area (Å²) < 4.78 is 2.34. The molecule has 0 saturated carbocycles. The third-order valence-corrected chi connectivity index (χ3v) is 3.01. The Balaban J connectivity index is 2.77. The lowest BCUT2D eigenvalue weighted by atomic mass is 10.2. The first kappa shape index (κ1) is 11.2. The molecule has 0 spiro atoms. The second kappa shape index (κ2) is 3.95. The van der Waals surface area contributed by atoms with Gasteiger partial charge >= 0.3 is 0 Å². The predicted molar refractivity (Wildman–Crippen MR) is 69.7 cm³/mol. The monoisotopic (exact) mass is 216 g/mol. The Hall–Kier alpha value is -1.28. The quantitative estimate of drug-likeness (QED) is 0.817. The molecule has 0 radical (unpaired) electrons. The van der Waals surface area contributed by atoms with E-state index in [0.29, 0.717) is 6.04 Å². The van der Waals surface area contributed by atoms with Crippen molar-refractivity contribution in [2.75, 3.05) is 0 Å². The van der Waals surface area contributed by atoms with Crippen LogP contribution in [0.2, 0.25) is 0 Å². The summed E-state index contributed by atoms with van der Waals surface area (Å²) in [5.74, 6) is 0. The maximum atomic E-state index is 6.03. The van der Waals surface area contributed by atoms with Crippen LogP contribution in [0.5, 0.6) is 0 Å². The molecule has 1 aromatic heterocycles. The van der Waals surface area contributed by atoms with Gasteiger partial charge in [-0.25, -0.2) is 0 Å². The highest BCUT2D eigenvalue weighted by Gasteiger charge is 2.13. The number of hydrogen-bond donors (Lipinski definition) is 1. The highest BCUT2D eigenvalue weighted by Crippen LogP contribution is 2.27. The average Bonchev–Trinajstić information content (AvgIpc) is 2.55. The van der Waals surface area contributed by atoms with E-state index in [1.54, 1.807) is 0 Å². The standard InChI is InChI=1S/C14H20N2/c1-9(2)16-13(11(4)15)8-12-6-5-10(3)7-14(12)16/h5-9,11H,15H2,1-4H3. The molecule has 2 nitrogen and oxygen atoms in total. The lowest BCUT2D eigenvalue weighted by Gasteiger charge is -2.17. The molecule has 16 heavy (non-hydrogen) atoms. The SMILES string of the molecule is Cc1ccc2cc(C(C)N)n(C(C)C)c2c1. The van der Waals surface area contributed by atoms with Crippen molar-refractivity contribution in [2.45, 2.75) is 39.8 Å². The molecular weight excluding hydrogens is 196 g/mol. The van der Waals surface area contributed by atoms with E-state index in [1.165, 1.54) is 22.2 Å². The summed E-state index contributed by atoms with van der Waals surface area (Å²) in [6.07, 6.45) is 0. The van der Waals surface area contributed by atoms with E-state index in [2.05, 4.69) is 49.6 Å². The van der Waals surface area contributed by atoms with Gasteiger partial charge in [0.1, 0.15) is 0 Å². The second-order valence-electron chi connectivity index (χ2n) is 4.88. The van der Waals surface area contributed by atoms with Gasteiger partial charge in [0.15, 0.2) is 0 Å². The van der Waals surface area contributed by atoms with Crippen molar-refractivity contribution in [1.82, 2.24) is 4.57 Å². The van der Waals surface area contributed by atoms with Gasteiger partial charge in [-0.15, -0.1) is 0 Å². The van der Waals surface area contributed by atoms with E-state index in [4.69, 9.17) is 5.73 Å². The van der Waals surface area contributed by atoms with Crippen molar-refractivity contribution in [1.29, 1.82) is 0 Å². The first-order valence-electron chi connectivity index (χ1n) is 5.87. The predicted octanol–water partition coefficient (Wildman–Crippen LogP) is 3.55. The van der Waals surface area contributed by atoms with Crippen molar-refractivity contribution in [2.24, 2.45) is 5.73 Å². The van der Waals surface area contributed by atoms with Crippen molar-refractivity contribution < 1.29 is 0 Å². The van der Waals surface area contributed by atoms with Gasteiger partial charge in [0.05, 0.1) is 0 Å².